The van der Waals surface area contributed by atoms with E-state index in [4.69, 9.17) is 11.6 Å². The molecule has 0 aromatic heterocycles. The van der Waals surface area contributed by atoms with Gasteiger partial charge in [0.15, 0.2) is 0 Å². The van der Waals surface area contributed by atoms with E-state index in [2.05, 4.69) is 21.0 Å². The van der Waals surface area contributed by atoms with Crippen molar-refractivity contribution < 1.29 is 28.5 Å². The van der Waals surface area contributed by atoms with E-state index in [1.807, 2.05) is 0 Å². The van der Waals surface area contributed by atoms with Crippen molar-refractivity contribution in [3.8, 4) is 0 Å². The molecule has 3 heteroatoms. The summed E-state index contributed by atoms with van der Waals surface area (Å²) in [4.78, 5) is 0. The smallest absolute Gasteiger partial charge is 0.0794 e. The predicted octanol–water partition coefficient (Wildman–Crippen LogP) is 3.40. The molecule has 0 aliphatic rings. The van der Waals surface area contributed by atoms with Crippen molar-refractivity contribution in [2.24, 2.45) is 0 Å². The molecule has 0 fully saturated rings. The van der Waals surface area contributed by atoms with Crippen molar-refractivity contribution >= 4 is 11.6 Å². The first kappa shape index (κ1) is 25.2. The van der Waals surface area contributed by atoms with Crippen LogP contribution in [0.4, 0.5) is 0 Å². The fraction of sp³-hybridized carbons (Fsp3) is 1.00. The second-order valence-corrected chi connectivity index (χ2v) is 7.69. The molecule has 0 saturated heterocycles. The Kier molecular flexibility index (Phi) is 21.0. The second kappa shape index (κ2) is 18.3. The summed E-state index contributed by atoms with van der Waals surface area (Å²) in [5.41, 5.74) is 0. The normalized spacial score (nSPS) is 11.5. The van der Waals surface area contributed by atoms with Crippen LogP contribution >= 0.6 is 11.6 Å². The van der Waals surface area contributed by atoms with Crippen LogP contribution in [0.1, 0.15) is 90.4 Å². The van der Waals surface area contributed by atoms with Gasteiger partial charge in [-0.15, -0.1) is 11.6 Å². The van der Waals surface area contributed by atoms with Gasteiger partial charge < -0.3 is 28.5 Å². The summed E-state index contributed by atoms with van der Waals surface area (Å²) in [7, 11) is 4.68. The van der Waals surface area contributed by atoms with Crippen LogP contribution in [-0.4, -0.2) is 37.5 Å². The minimum absolute atomic E-state index is 0. The Balaban J connectivity index is 0. The van der Waals surface area contributed by atoms with Crippen molar-refractivity contribution in [2.75, 3.05) is 33.1 Å². The summed E-state index contributed by atoms with van der Waals surface area (Å²) in [6.07, 6.45) is 18.4. The van der Waals surface area contributed by atoms with Crippen LogP contribution in [0.2, 0.25) is 0 Å². The van der Waals surface area contributed by atoms with Gasteiger partial charge in [-0.05, 0) is 12.8 Å². The number of rotatable bonds is 16. The lowest BCUT2D eigenvalue weighted by atomic mass is 10.1. The second-order valence-electron chi connectivity index (χ2n) is 7.31. The van der Waals surface area contributed by atoms with Gasteiger partial charge in [0, 0.05) is 12.3 Å². The molecule has 0 spiro atoms. The Hall–Kier alpha value is 0.980. The molecule has 0 aliphatic carbocycles. The van der Waals surface area contributed by atoms with Gasteiger partial charge in [0.2, 0.25) is 0 Å². The first-order chi connectivity index (χ1) is 10.1. The van der Waals surface area contributed by atoms with Crippen molar-refractivity contribution in [3.05, 3.63) is 0 Å². The maximum absolute atomic E-state index is 5.78. The number of unbranched alkanes of at least 4 members (excludes halogenated alkanes) is 11. The van der Waals surface area contributed by atoms with Crippen molar-refractivity contribution in [1.82, 2.24) is 0 Å². The van der Waals surface area contributed by atoms with Gasteiger partial charge in [0.1, 0.15) is 0 Å². The zero-order valence-electron chi connectivity index (χ0n) is 15.5. The highest BCUT2D eigenvalue weighted by Gasteiger charge is 2.12. The lowest BCUT2D eigenvalue weighted by Crippen LogP contribution is -3.00. The Bertz CT molecular complexity index is 210. The summed E-state index contributed by atoms with van der Waals surface area (Å²) in [6.45, 7) is 4.83. The van der Waals surface area contributed by atoms with Crippen molar-refractivity contribution in [2.45, 2.75) is 90.4 Å². The fourth-order valence-corrected chi connectivity index (χ4v) is 3.10. The summed E-state index contributed by atoms with van der Waals surface area (Å²) >= 11 is 5.78. The predicted molar refractivity (Wildman–Crippen MR) is 98.3 cm³/mol. The van der Waals surface area contributed by atoms with Gasteiger partial charge in [-0.25, -0.2) is 0 Å². The Morgan fingerprint density at radius 1 is 0.591 bits per heavy atom. The van der Waals surface area contributed by atoms with Crippen LogP contribution in [0.5, 0.6) is 0 Å². The Labute approximate surface area is 163 Å². The van der Waals surface area contributed by atoms with Crippen molar-refractivity contribution in [3.63, 3.8) is 0 Å². The largest absolute Gasteiger partial charge is 1.00 e. The van der Waals surface area contributed by atoms with Crippen LogP contribution in [-0.2, 0) is 0 Å². The summed E-state index contributed by atoms with van der Waals surface area (Å²) in [5.74, 6) is 0.806. The lowest BCUT2D eigenvalue weighted by Gasteiger charge is -2.29. The SMILES string of the molecule is CCCCCCCCCCCCCC[N+](C)(C)CCCCl.[I-]. The summed E-state index contributed by atoms with van der Waals surface area (Å²) < 4.78 is 1.14. The maximum Gasteiger partial charge on any atom is 0.0794 e. The zero-order chi connectivity index (χ0) is 15.8. The molecule has 0 rings (SSSR count). The summed E-state index contributed by atoms with van der Waals surface area (Å²) in [6, 6.07) is 0. The molecule has 0 aromatic rings. The van der Waals surface area contributed by atoms with E-state index in [-0.39, 0.29) is 24.0 Å². The molecule has 0 amide bonds. The number of nitrogens with zero attached hydrogens (tertiary/aromatic N) is 1. The molecule has 0 saturated carbocycles. The van der Waals surface area contributed by atoms with E-state index in [0.29, 0.717) is 0 Å². The molecule has 0 heterocycles. The molecule has 0 N–H and O–H groups in total. The van der Waals surface area contributed by atoms with E-state index in [0.717, 1.165) is 16.8 Å². The first-order valence-electron chi connectivity index (χ1n) is 9.50. The summed E-state index contributed by atoms with van der Waals surface area (Å²) in [5, 5.41) is 0. The third-order valence-corrected chi connectivity index (χ3v) is 4.78. The molecule has 1 nitrogen and oxygen atoms in total. The fourth-order valence-electron chi connectivity index (χ4n) is 2.98. The van der Waals surface area contributed by atoms with E-state index in [9.17, 15) is 0 Å². The molecule has 0 aromatic carbocycles. The molecule has 0 unspecified atom stereocenters. The number of alkyl halides is 1. The highest BCUT2D eigenvalue weighted by atomic mass is 127. The molecular formula is C19H41ClIN. The average Bonchev–Trinajstić information content (AvgIpc) is 2.46. The van der Waals surface area contributed by atoms with Gasteiger partial charge >= 0.3 is 0 Å². The number of halogens is 2. The minimum Gasteiger partial charge on any atom is -1.00 e. The highest BCUT2D eigenvalue weighted by Crippen LogP contribution is 2.12. The third-order valence-electron chi connectivity index (χ3n) is 4.51. The van der Waals surface area contributed by atoms with Gasteiger partial charge in [0.05, 0.1) is 27.2 Å². The molecular weight excluding hydrogens is 405 g/mol. The number of quaternary nitrogens is 1. The van der Waals surface area contributed by atoms with Gasteiger partial charge in [0.25, 0.3) is 0 Å². The number of hydrogen-bond acceptors (Lipinski definition) is 0. The van der Waals surface area contributed by atoms with Gasteiger partial charge in [-0.1, -0.05) is 71.1 Å². The zero-order valence-corrected chi connectivity index (χ0v) is 18.4. The maximum atomic E-state index is 5.78. The monoisotopic (exact) mass is 445 g/mol. The van der Waals surface area contributed by atoms with Crippen molar-refractivity contribution in [1.29, 1.82) is 0 Å². The van der Waals surface area contributed by atoms with Crippen LogP contribution in [0.3, 0.4) is 0 Å². The minimum atomic E-state index is 0. The molecule has 0 radical (unpaired) electrons. The van der Waals surface area contributed by atoms with Crippen LogP contribution in [0, 0.1) is 0 Å². The highest BCUT2D eigenvalue weighted by molar-refractivity contribution is 6.17. The standard InChI is InChI=1S/C19H41ClN.HI/c1-4-5-6-7-8-9-10-11-12-13-14-15-18-21(2,3)19-16-17-20;/h4-19H2,1-3H3;1H/q+1;/p-1. The van der Waals surface area contributed by atoms with Gasteiger partial charge in [-0.2, -0.15) is 0 Å². The Morgan fingerprint density at radius 3 is 1.36 bits per heavy atom. The van der Waals surface area contributed by atoms with Gasteiger partial charge in [-0.3, -0.25) is 0 Å². The molecule has 0 bridgehead atoms. The van der Waals surface area contributed by atoms with Crippen LogP contribution in [0.15, 0.2) is 0 Å². The van der Waals surface area contributed by atoms with Crippen LogP contribution in [0.25, 0.3) is 0 Å². The van der Waals surface area contributed by atoms with E-state index < -0.39 is 0 Å². The van der Waals surface area contributed by atoms with E-state index in [1.165, 1.54) is 90.1 Å². The quantitative estimate of drug-likeness (QED) is 0.148. The lowest BCUT2D eigenvalue weighted by molar-refractivity contribution is -0.890. The van der Waals surface area contributed by atoms with E-state index >= 15 is 0 Å². The number of hydrogen-bond donors (Lipinski definition) is 0. The molecule has 22 heavy (non-hydrogen) atoms. The Morgan fingerprint density at radius 2 is 0.955 bits per heavy atom. The first-order valence-corrected chi connectivity index (χ1v) is 10.0. The average molecular weight is 446 g/mol. The third kappa shape index (κ3) is 19.0. The topological polar surface area (TPSA) is 0 Å². The van der Waals surface area contributed by atoms with Crippen LogP contribution < -0.4 is 24.0 Å². The van der Waals surface area contributed by atoms with E-state index in [1.54, 1.807) is 0 Å². The molecule has 136 valence electrons. The molecule has 0 aliphatic heterocycles. The molecule has 0 atom stereocenters.